The quantitative estimate of drug-likeness (QED) is 0.314. The predicted octanol–water partition coefficient (Wildman–Crippen LogP) is 2.01. The Balaban J connectivity index is 3.39. The minimum atomic E-state index is -0.903. The van der Waals surface area contributed by atoms with Crippen LogP contribution in [0.5, 0.6) is 0 Å². The maximum Gasteiger partial charge on any atom is 0.272 e. The van der Waals surface area contributed by atoms with Crippen LogP contribution >= 0.6 is 0 Å². The van der Waals surface area contributed by atoms with Gasteiger partial charge in [0, 0.05) is 6.07 Å². The summed E-state index contributed by atoms with van der Waals surface area (Å²) in [4.78, 5) is 22.6. The van der Waals surface area contributed by atoms with E-state index >= 15 is 0 Å². The first-order chi connectivity index (χ1) is 6.56. The third-order valence-corrected chi connectivity index (χ3v) is 1.61. The number of nitro benzene ring substituents is 1. The fraction of sp³-hybridized carbons (Fsp3) is 0.125. The molecule has 0 fully saturated rings. The van der Waals surface area contributed by atoms with Crippen LogP contribution < -0.4 is 0 Å². The smallest absolute Gasteiger partial charge is 0.258 e. The normalized spacial score (nSPS) is 9.29. The Labute approximate surface area is 78.0 Å². The molecule has 72 valence electrons. The van der Waals surface area contributed by atoms with E-state index in [0.717, 1.165) is 6.07 Å². The minimum absolute atomic E-state index is 0.217. The van der Waals surface area contributed by atoms with Gasteiger partial charge in [0.15, 0.2) is 5.82 Å². The summed E-state index contributed by atoms with van der Waals surface area (Å²) in [5, 5.41) is 10.3. The lowest BCUT2D eigenvalue weighted by Crippen LogP contribution is -1.91. The number of halogens is 1. The Morgan fingerprint density at radius 3 is 2.64 bits per heavy atom. The summed E-state index contributed by atoms with van der Waals surface area (Å²) in [6.07, 6.45) is 1.18. The van der Waals surface area contributed by atoms with Crippen molar-refractivity contribution in [2.45, 2.75) is 6.92 Å². The van der Waals surface area contributed by atoms with Gasteiger partial charge in [0.25, 0.3) is 5.69 Å². The van der Waals surface area contributed by atoms with Crippen molar-refractivity contribution in [1.82, 2.24) is 0 Å². The first kappa shape index (κ1) is 10.0. The zero-order valence-corrected chi connectivity index (χ0v) is 7.15. The molecule has 0 amide bonds. The van der Waals surface area contributed by atoms with E-state index in [4.69, 9.17) is 0 Å². The predicted molar refractivity (Wildman–Crippen MR) is 45.6 cm³/mol. The van der Waals surface area contributed by atoms with E-state index in [9.17, 15) is 19.3 Å². The highest BCUT2D eigenvalue weighted by Crippen LogP contribution is 2.27. The standard InChI is InChI=1S/C8H5FN2O3/c1-5-2-6(11(13)14)3-7(9)8(5)10-4-12/h2-3H,1H3. The monoisotopic (exact) mass is 196 g/mol. The number of non-ortho nitro benzene ring substituents is 1. The molecule has 0 aromatic heterocycles. The van der Waals surface area contributed by atoms with Crippen molar-refractivity contribution in [1.29, 1.82) is 0 Å². The first-order valence-electron chi connectivity index (χ1n) is 3.58. The molecule has 0 N–H and O–H groups in total. The Hall–Kier alpha value is -2.07. The summed E-state index contributed by atoms with van der Waals surface area (Å²) in [6, 6.07) is 1.85. The van der Waals surface area contributed by atoms with Gasteiger partial charge in [-0.2, -0.15) is 4.99 Å². The van der Waals surface area contributed by atoms with Crippen molar-refractivity contribution in [2.24, 2.45) is 4.99 Å². The molecular formula is C8H5FN2O3. The van der Waals surface area contributed by atoms with Gasteiger partial charge in [-0.05, 0) is 12.5 Å². The second-order valence-corrected chi connectivity index (χ2v) is 2.55. The zero-order valence-electron chi connectivity index (χ0n) is 7.15. The van der Waals surface area contributed by atoms with E-state index in [-0.39, 0.29) is 16.9 Å². The maximum atomic E-state index is 13.1. The summed E-state index contributed by atoms with van der Waals surface area (Å²) in [5.41, 5.74) is -0.365. The van der Waals surface area contributed by atoms with Gasteiger partial charge in [0.05, 0.1) is 11.0 Å². The van der Waals surface area contributed by atoms with Gasteiger partial charge >= 0.3 is 0 Å². The molecule has 0 heterocycles. The number of rotatable bonds is 2. The van der Waals surface area contributed by atoms with Crippen molar-refractivity contribution in [3.05, 3.63) is 33.6 Å². The number of isocyanates is 1. The number of nitrogens with zero attached hydrogens (tertiary/aromatic N) is 2. The number of benzene rings is 1. The molecule has 0 aliphatic carbocycles. The van der Waals surface area contributed by atoms with Gasteiger partial charge < -0.3 is 0 Å². The van der Waals surface area contributed by atoms with E-state index in [1.54, 1.807) is 0 Å². The summed E-state index contributed by atoms with van der Waals surface area (Å²) >= 11 is 0. The second-order valence-electron chi connectivity index (χ2n) is 2.55. The summed E-state index contributed by atoms with van der Waals surface area (Å²) in [6.45, 7) is 1.42. The highest BCUT2D eigenvalue weighted by molar-refractivity contribution is 5.57. The molecule has 1 rings (SSSR count). The van der Waals surface area contributed by atoms with Crippen LogP contribution in [0.4, 0.5) is 15.8 Å². The molecule has 0 radical (unpaired) electrons. The number of carbonyl (C=O) groups excluding carboxylic acids is 1. The lowest BCUT2D eigenvalue weighted by Gasteiger charge is -1.99. The SMILES string of the molecule is Cc1cc([N+](=O)[O-])cc(F)c1N=C=O. The molecule has 0 bridgehead atoms. The van der Waals surface area contributed by atoms with E-state index in [1.807, 2.05) is 0 Å². The fourth-order valence-electron chi connectivity index (χ4n) is 1.01. The Kier molecular flexibility index (Phi) is 2.69. The van der Waals surface area contributed by atoms with Crippen molar-refractivity contribution in [2.75, 3.05) is 0 Å². The number of hydrogen-bond acceptors (Lipinski definition) is 4. The molecule has 6 heteroatoms. The van der Waals surface area contributed by atoms with Crippen molar-refractivity contribution in [3.8, 4) is 0 Å². The van der Waals surface area contributed by atoms with Crippen molar-refractivity contribution >= 4 is 17.5 Å². The fourth-order valence-corrected chi connectivity index (χ4v) is 1.01. The molecular weight excluding hydrogens is 191 g/mol. The third kappa shape index (κ3) is 1.81. The van der Waals surface area contributed by atoms with Crippen molar-refractivity contribution < 1.29 is 14.1 Å². The molecule has 14 heavy (non-hydrogen) atoms. The van der Waals surface area contributed by atoms with Crippen LogP contribution in [0.1, 0.15) is 5.56 Å². The Bertz CT molecular complexity index is 415. The summed E-state index contributed by atoms with van der Waals surface area (Å²) in [5.74, 6) is -0.903. The number of hydrogen-bond donors (Lipinski definition) is 0. The van der Waals surface area contributed by atoms with Gasteiger partial charge in [-0.15, -0.1) is 0 Å². The van der Waals surface area contributed by atoms with Gasteiger partial charge in [0.1, 0.15) is 5.69 Å². The van der Waals surface area contributed by atoms with Crippen LogP contribution in [0.15, 0.2) is 17.1 Å². The summed E-state index contributed by atoms with van der Waals surface area (Å²) < 4.78 is 13.1. The van der Waals surface area contributed by atoms with Gasteiger partial charge in [-0.3, -0.25) is 10.1 Å². The van der Waals surface area contributed by atoms with E-state index in [2.05, 4.69) is 4.99 Å². The molecule has 1 aromatic rings. The third-order valence-electron chi connectivity index (χ3n) is 1.61. The Morgan fingerprint density at radius 1 is 1.57 bits per heavy atom. The summed E-state index contributed by atoms with van der Waals surface area (Å²) in [7, 11) is 0. The molecule has 0 atom stereocenters. The zero-order chi connectivity index (χ0) is 10.7. The van der Waals surface area contributed by atoms with Crippen LogP contribution in [0.25, 0.3) is 0 Å². The highest BCUT2D eigenvalue weighted by atomic mass is 19.1. The molecule has 0 unspecified atom stereocenters. The highest BCUT2D eigenvalue weighted by Gasteiger charge is 2.13. The van der Waals surface area contributed by atoms with Crippen LogP contribution in [-0.4, -0.2) is 11.0 Å². The van der Waals surface area contributed by atoms with Gasteiger partial charge in [-0.25, -0.2) is 9.18 Å². The average Bonchev–Trinajstić information content (AvgIpc) is 2.10. The maximum absolute atomic E-state index is 13.1. The molecule has 0 aliphatic rings. The van der Waals surface area contributed by atoms with Crippen molar-refractivity contribution in [3.63, 3.8) is 0 Å². The van der Waals surface area contributed by atoms with Crippen LogP contribution in [0.3, 0.4) is 0 Å². The van der Waals surface area contributed by atoms with Gasteiger partial charge in [0.2, 0.25) is 6.08 Å². The van der Waals surface area contributed by atoms with E-state index in [0.29, 0.717) is 6.07 Å². The number of aryl methyl sites for hydroxylation is 1. The lowest BCUT2D eigenvalue weighted by atomic mass is 10.2. The molecule has 0 aliphatic heterocycles. The first-order valence-corrected chi connectivity index (χ1v) is 3.58. The molecule has 1 aromatic carbocycles. The van der Waals surface area contributed by atoms with Crippen LogP contribution in [0, 0.1) is 22.9 Å². The number of nitro groups is 1. The van der Waals surface area contributed by atoms with E-state index < -0.39 is 10.7 Å². The second kappa shape index (κ2) is 3.76. The molecule has 0 spiro atoms. The average molecular weight is 196 g/mol. The molecule has 0 saturated heterocycles. The van der Waals surface area contributed by atoms with Crippen LogP contribution in [-0.2, 0) is 4.79 Å². The largest absolute Gasteiger partial charge is 0.272 e. The molecule has 5 nitrogen and oxygen atoms in total. The Morgan fingerprint density at radius 2 is 2.21 bits per heavy atom. The topological polar surface area (TPSA) is 72.6 Å². The molecule has 0 saturated carbocycles. The lowest BCUT2D eigenvalue weighted by molar-refractivity contribution is -0.385. The minimum Gasteiger partial charge on any atom is -0.258 e. The number of aliphatic imine (C=N–C) groups is 1. The van der Waals surface area contributed by atoms with E-state index in [1.165, 1.54) is 13.0 Å². The van der Waals surface area contributed by atoms with Crippen LogP contribution in [0.2, 0.25) is 0 Å². The van der Waals surface area contributed by atoms with Gasteiger partial charge in [-0.1, -0.05) is 0 Å².